The lowest BCUT2D eigenvalue weighted by Crippen LogP contribution is -2.52. The van der Waals surface area contributed by atoms with E-state index in [0.717, 1.165) is 23.7 Å². The number of hydrogen-bond acceptors (Lipinski definition) is 10. The Hall–Kier alpha value is -3.87. The van der Waals surface area contributed by atoms with Gasteiger partial charge in [0.15, 0.2) is 12.2 Å². The number of hydrogen-bond donors (Lipinski definition) is 1. The Labute approximate surface area is 284 Å². The third kappa shape index (κ3) is 12.6. The van der Waals surface area contributed by atoms with E-state index >= 15 is 0 Å². The first-order valence-corrected chi connectivity index (χ1v) is 16.6. The SMILES string of the molecule is CC(C)CC(C(=O)OC(Cc1ccc(N2CCOCC2)cc1)C(=O)N(C)C(CC(C)C)C(=O)OC(C)C(=O)O)N(C)C(=O)OC(C)(C)C. The van der Waals surface area contributed by atoms with Crippen molar-refractivity contribution in [3.05, 3.63) is 29.8 Å². The molecule has 0 saturated carbocycles. The summed E-state index contributed by atoms with van der Waals surface area (Å²) in [5.74, 6) is -3.75. The molecular formula is C35H55N3O10. The van der Waals surface area contributed by atoms with Crippen LogP contribution in [0.15, 0.2) is 24.3 Å². The van der Waals surface area contributed by atoms with E-state index in [1.807, 2.05) is 52.0 Å². The zero-order valence-corrected chi connectivity index (χ0v) is 30.2. The Balaban J connectivity index is 2.46. The van der Waals surface area contributed by atoms with E-state index in [9.17, 15) is 29.1 Å². The number of esters is 2. The smallest absolute Gasteiger partial charge is 0.410 e. The van der Waals surface area contributed by atoms with Gasteiger partial charge in [0.25, 0.3) is 5.91 Å². The Morgan fingerprint density at radius 1 is 0.833 bits per heavy atom. The van der Waals surface area contributed by atoms with Crippen LogP contribution in [0.4, 0.5) is 10.5 Å². The van der Waals surface area contributed by atoms with Crippen LogP contribution in [0.3, 0.4) is 0 Å². The Bertz CT molecular complexity index is 1240. The molecule has 270 valence electrons. The van der Waals surface area contributed by atoms with Crippen molar-refractivity contribution in [3.63, 3.8) is 0 Å². The van der Waals surface area contributed by atoms with Crippen LogP contribution in [0.2, 0.25) is 0 Å². The van der Waals surface area contributed by atoms with E-state index in [-0.39, 0.29) is 31.1 Å². The van der Waals surface area contributed by atoms with E-state index in [1.54, 1.807) is 20.8 Å². The van der Waals surface area contributed by atoms with Gasteiger partial charge in [0.05, 0.1) is 13.2 Å². The number of benzene rings is 1. The summed E-state index contributed by atoms with van der Waals surface area (Å²) < 4.78 is 22.1. The van der Waals surface area contributed by atoms with Gasteiger partial charge in [-0.25, -0.2) is 19.2 Å². The Morgan fingerprint density at radius 2 is 1.33 bits per heavy atom. The lowest BCUT2D eigenvalue weighted by Gasteiger charge is -2.33. The van der Waals surface area contributed by atoms with Crippen LogP contribution in [0.5, 0.6) is 0 Å². The van der Waals surface area contributed by atoms with Gasteiger partial charge < -0.3 is 33.9 Å². The highest BCUT2D eigenvalue weighted by molar-refractivity contribution is 5.90. The highest BCUT2D eigenvalue weighted by Gasteiger charge is 2.39. The van der Waals surface area contributed by atoms with Crippen molar-refractivity contribution in [1.29, 1.82) is 0 Å². The molecule has 0 aliphatic carbocycles. The molecule has 0 spiro atoms. The molecule has 1 aliphatic rings. The summed E-state index contributed by atoms with van der Waals surface area (Å²) >= 11 is 0. The molecule has 0 aromatic heterocycles. The molecule has 1 heterocycles. The van der Waals surface area contributed by atoms with Crippen LogP contribution in [0.25, 0.3) is 0 Å². The van der Waals surface area contributed by atoms with Gasteiger partial charge >= 0.3 is 24.0 Å². The number of nitrogens with zero attached hydrogens (tertiary/aromatic N) is 3. The van der Waals surface area contributed by atoms with Crippen LogP contribution in [0.1, 0.15) is 73.8 Å². The summed E-state index contributed by atoms with van der Waals surface area (Å²) in [5, 5.41) is 9.30. The summed E-state index contributed by atoms with van der Waals surface area (Å²) in [6.45, 7) is 16.7. The van der Waals surface area contributed by atoms with Gasteiger partial charge in [0.2, 0.25) is 0 Å². The molecule has 1 aromatic carbocycles. The number of amides is 2. The predicted octanol–water partition coefficient (Wildman–Crippen LogP) is 4.15. The van der Waals surface area contributed by atoms with Gasteiger partial charge in [0, 0.05) is 39.3 Å². The quantitative estimate of drug-likeness (QED) is 0.211. The normalized spacial score (nSPS) is 16.0. The van der Waals surface area contributed by atoms with E-state index in [1.165, 1.54) is 25.9 Å². The lowest BCUT2D eigenvalue weighted by molar-refractivity contribution is -0.172. The molecule has 1 aromatic rings. The molecule has 0 radical (unpaired) electrons. The number of morpholine rings is 1. The highest BCUT2D eigenvalue weighted by Crippen LogP contribution is 2.23. The largest absolute Gasteiger partial charge is 0.479 e. The van der Waals surface area contributed by atoms with Crippen LogP contribution < -0.4 is 4.90 Å². The molecule has 1 N–H and O–H groups in total. The average Bonchev–Trinajstić information content (AvgIpc) is 3.00. The van der Waals surface area contributed by atoms with E-state index < -0.39 is 59.8 Å². The topological polar surface area (TPSA) is 152 Å². The molecule has 1 saturated heterocycles. The fraction of sp³-hybridized carbons (Fsp3) is 0.686. The molecule has 0 bridgehead atoms. The Kier molecular flexibility index (Phi) is 15.2. The van der Waals surface area contributed by atoms with E-state index in [0.29, 0.717) is 18.8 Å². The predicted molar refractivity (Wildman–Crippen MR) is 180 cm³/mol. The first kappa shape index (κ1) is 40.3. The third-order valence-electron chi connectivity index (χ3n) is 7.81. The van der Waals surface area contributed by atoms with Crippen LogP contribution in [-0.4, -0.2) is 115 Å². The maximum atomic E-state index is 14.2. The van der Waals surface area contributed by atoms with Crippen LogP contribution in [-0.2, 0) is 44.5 Å². The number of ether oxygens (including phenoxy) is 4. The number of rotatable bonds is 15. The van der Waals surface area contributed by atoms with E-state index in [2.05, 4.69) is 4.90 Å². The first-order valence-electron chi connectivity index (χ1n) is 16.6. The highest BCUT2D eigenvalue weighted by atomic mass is 16.6. The number of carbonyl (C=O) groups is 5. The molecule has 1 aliphatic heterocycles. The minimum atomic E-state index is -1.42. The molecular weight excluding hydrogens is 622 g/mol. The van der Waals surface area contributed by atoms with Gasteiger partial charge in [-0.2, -0.15) is 0 Å². The molecule has 2 amide bonds. The van der Waals surface area contributed by atoms with Crippen molar-refractivity contribution in [1.82, 2.24) is 9.80 Å². The van der Waals surface area contributed by atoms with Crippen LogP contribution >= 0.6 is 0 Å². The zero-order chi connectivity index (χ0) is 36.3. The summed E-state index contributed by atoms with van der Waals surface area (Å²) in [6, 6.07) is 5.37. The fourth-order valence-corrected chi connectivity index (χ4v) is 5.14. The number of carbonyl (C=O) groups excluding carboxylic acids is 4. The number of carboxylic acid groups (broad SMARTS) is 1. The van der Waals surface area contributed by atoms with Crippen LogP contribution in [0, 0.1) is 11.8 Å². The molecule has 4 atom stereocenters. The number of anilines is 1. The van der Waals surface area contributed by atoms with Gasteiger partial charge in [-0.15, -0.1) is 0 Å². The Morgan fingerprint density at radius 3 is 1.81 bits per heavy atom. The van der Waals surface area contributed by atoms with Crippen molar-refractivity contribution < 1.29 is 48.0 Å². The first-order chi connectivity index (χ1) is 22.3. The summed E-state index contributed by atoms with van der Waals surface area (Å²) in [6.07, 6.45) is -3.10. The zero-order valence-electron chi connectivity index (χ0n) is 30.2. The fourth-order valence-electron chi connectivity index (χ4n) is 5.14. The maximum absolute atomic E-state index is 14.2. The van der Waals surface area contributed by atoms with Crippen molar-refractivity contribution in [2.24, 2.45) is 11.8 Å². The monoisotopic (exact) mass is 677 g/mol. The molecule has 2 rings (SSSR count). The molecule has 48 heavy (non-hydrogen) atoms. The number of likely N-dealkylation sites (N-methyl/N-ethyl adjacent to an activating group) is 2. The second-order valence-electron chi connectivity index (χ2n) is 14.1. The summed E-state index contributed by atoms with van der Waals surface area (Å²) in [4.78, 5) is 70.1. The maximum Gasteiger partial charge on any atom is 0.410 e. The molecule has 13 heteroatoms. The van der Waals surface area contributed by atoms with Crippen molar-refractivity contribution in [2.75, 3.05) is 45.3 Å². The van der Waals surface area contributed by atoms with Crippen molar-refractivity contribution in [3.8, 4) is 0 Å². The minimum absolute atomic E-state index is 0.0154. The van der Waals surface area contributed by atoms with Gasteiger partial charge in [0.1, 0.15) is 17.7 Å². The molecule has 13 nitrogen and oxygen atoms in total. The number of aliphatic carboxylic acids is 1. The van der Waals surface area contributed by atoms with E-state index in [4.69, 9.17) is 18.9 Å². The van der Waals surface area contributed by atoms with Crippen molar-refractivity contribution >= 4 is 35.6 Å². The van der Waals surface area contributed by atoms with Gasteiger partial charge in [-0.1, -0.05) is 39.8 Å². The molecule has 1 fully saturated rings. The average molecular weight is 678 g/mol. The standard InChI is InChI=1S/C35H55N3O10/c1-22(2)19-27(32(42)46-24(5)31(40)41)36(9)30(39)29(21-25-11-13-26(14-12-25)38-15-17-45-18-16-38)47-33(43)28(20-23(3)4)37(10)34(44)48-35(6,7)8/h11-14,22-24,27-29H,15-21H2,1-10H3,(H,40,41). The van der Waals surface area contributed by atoms with Gasteiger partial charge in [-0.05, 0) is 70.1 Å². The second kappa shape index (κ2) is 18.0. The second-order valence-corrected chi connectivity index (χ2v) is 14.1. The third-order valence-corrected chi connectivity index (χ3v) is 7.81. The number of carboxylic acids is 1. The molecule has 4 unspecified atom stereocenters. The van der Waals surface area contributed by atoms with Crippen molar-refractivity contribution in [2.45, 2.75) is 105 Å². The minimum Gasteiger partial charge on any atom is -0.479 e. The summed E-state index contributed by atoms with van der Waals surface area (Å²) in [5.41, 5.74) is 0.891. The lowest BCUT2D eigenvalue weighted by atomic mass is 10.0. The summed E-state index contributed by atoms with van der Waals surface area (Å²) in [7, 11) is 2.86. The van der Waals surface area contributed by atoms with Gasteiger partial charge in [-0.3, -0.25) is 9.69 Å².